The van der Waals surface area contributed by atoms with Gasteiger partial charge >= 0.3 is 5.97 Å². The van der Waals surface area contributed by atoms with E-state index in [1.54, 1.807) is 18.2 Å². The molecule has 0 saturated carbocycles. The quantitative estimate of drug-likeness (QED) is 0.610. The van der Waals surface area contributed by atoms with E-state index < -0.39 is 5.97 Å². The smallest absolute Gasteiger partial charge is 0.337 e. The van der Waals surface area contributed by atoms with Crippen LogP contribution in [0.1, 0.15) is 15.9 Å². The molecule has 6 heteroatoms. The number of hydrogen-bond donors (Lipinski definition) is 2. The van der Waals surface area contributed by atoms with Crippen LogP contribution in [-0.2, 0) is 9.53 Å². The Hall–Kier alpha value is -1.53. The number of thioether (sulfide) groups is 1. The van der Waals surface area contributed by atoms with Gasteiger partial charge in [-0.2, -0.15) is 0 Å². The minimum Gasteiger partial charge on any atom is -0.465 e. The maximum atomic E-state index is 11.7. The van der Waals surface area contributed by atoms with Gasteiger partial charge < -0.3 is 15.2 Å². The Morgan fingerprint density at radius 1 is 1.42 bits per heavy atom. The van der Waals surface area contributed by atoms with Crippen LogP contribution in [0.3, 0.4) is 0 Å². The summed E-state index contributed by atoms with van der Waals surface area (Å²) in [5.74, 6) is 0.186. The predicted octanol–water partition coefficient (Wildman–Crippen LogP) is 1.45. The third-order valence-corrected chi connectivity index (χ3v) is 3.34. The number of ether oxygens (including phenoxy) is 1. The Morgan fingerprint density at radius 3 is 2.79 bits per heavy atom. The molecule has 1 amide bonds. The van der Waals surface area contributed by atoms with Crippen molar-refractivity contribution in [3.63, 3.8) is 0 Å². The molecule has 1 aromatic rings. The number of aryl methyl sites for hydroxylation is 1. The average Bonchev–Trinajstić information content (AvgIpc) is 2.40. The average molecular weight is 283 g/mol. The molecule has 0 aliphatic rings. The van der Waals surface area contributed by atoms with Crippen LogP contribution in [-0.4, -0.2) is 42.2 Å². The highest BCUT2D eigenvalue weighted by molar-refractivity contribution is 7.99. The lowest BCUT2D eigenvalue weighted by atomic mass is 10.1. The normalized spacial score (nSPS) is 10.1. The molecule has 104 valence electrons. The molecule has 19 heavy (non-hydrogen) atoms. The van der Waals surface area contributed by atoms with E-state index in [1.807, 2.05) is 6.92 Å². The fourth-order valence-corrected chi connectivity index (χ4v) is 1.95. The van der Waals surface area contributed by atoms with Gasteiger partial charge in [-0.15, -0.1) is 11.8 Å². The van der Waals surface area contributed by atoms with E-state index in [4.69, 9.17) is 5.11 Å². The molecule has 0 bridgehead atoms. The molecule has 1 aromatic carbocycles. The number of carbonyl (C=O) groups excluding carboxylic acids is 2. The summed E-state index contributed by atoms with van der Waals surface area (Å²) < 4.78 is 4.63. The summed E-state index contributed by atoms with van der Waals surface area (Å²) in [6, 6.07) is 5.00. The van der Waals surface area contributed by atoms with Crippen LogP contribution in [0.5, 0.6) is 0 Å². The number of esters is 1. The monoisotopic (exact) mass is 283 g/mol. The Labute approximate surface area is 116 Å². The molecule has 0 heterocycles. The van der Waals surface area contributed by atoms with Crippen LogP contribution in [0.4, 0.5) is 5.69 Å². The Balaban J connectivity index is 2.71. The molecule has 2 N–H and O–H groups in total. The lowest BCUT2D eigenvalue weighted by Gasteiger charge is -2.09. The van der Waals surface area contributed by atoms with Gasteiger partial charge in [-0.05, 0) is 24.6 Å². The number of carbonyl (C=O) groups is 2. The number of benzene rings is 1. The van der Waals surface area contributed by atoms with E-state index in [0.717, 1.165) is 5.56 Å². The Bertz CT molecular complexity index is 462. The van der Waals surface area contributed by atoms with Crippen molar-refractivity contribution in [2.45, 2.75) is 6.92 Å². The number of aliphatic hydroxyl groups excluding tert-OH is 1. The number of amides is 1. The molecule has 0 spiro atoms. The van der Waals surface area contributed by atoms with Crippen molar-refractivity contribution in [1.29, 1.82) is 0 Å². The van der Waals surface area contributed by atoms with Crippen molar-refractivity contribution in [1.82, 2.24) is 0 Å². The van der Waals surface area contributed by atoms with Crippen LogP contribution in [0.2, 0.25) is 0 Å². The van der Waals surface area contributed by atoms with Crippen molar-refractivity contribution < 1.29 is 19.4 Å². The summed E-state index contributed by atoms with van der Waals surface area (Å²) in [4.78, 5) is 23.1. The summed E-state index contributed by atoms with van der Waals surface area (Å²) in [6.45, 7) is 1.90. The molecule has 0 aliphatic carbocycles. The molecule has 0 atom stereocenters. The second kappa shape index (κ2) is 7.81. The fourth-order valence-electron chi connectivity index (χ4n) is 1.42. The highest BCUT2D eigenvalue weighted by Gasteiger charge is 2.10. The number of methoxy groups -OCH3 is 1. The number of rotatable bonds is 6. The van der Waals surface area contributed by atoms with Gasteiger partial charge in [0, 0.05) is 11.4 Å². The van der Waals surface area contributed by atoms with E-state index in [1.165, 1.54) is 18.9 Å². The molecule has 0 aromatic heterocycles. The molecular weight excluding hydrogens is 266 g/mol. The van der Waals surface area contributed by atoms with E-state index in [0.29, 0.717) is 17.0 Å². The maximum absolute atomic E-state index is 11.7. The lowest BCUT2D eigenvalue weighted by Crippen LogP contribution is -2.16. The van der Waals surface area contributed by atoms with Gasteiger partial charge in [0.25, 0.3) is 0 Å². The van der Waals surface area contributed by atoms with Gasteiger partial charge in [-0.1, -0.05) is 6.07 Å². The summed E-state index contributed by atoms with van der Waals surface area (Å²) in [6.07, 6.45) is 0. The van der Waals surface area contributed by atoms with Gasteiger partial charge in [0.05, 0.1) is 25.0 Å². The minimum atomic E-state index is -0.440. The van der Waals surface area contributed by atoms with Crippen LogP contribution < -0.4 is 5.32 Å². The third kappa shape index (κ3) is 4.92. The SMILES string of the molecule is COC(=O)c1ccc(C)c(NC(=O)CSCCO)c1. The van der Waals surface area contributed by atoms with Crippen LogP contribution in [0.25, 0.3) is 0 Å². The fraction of sp³-hybridized carbons (Fsp3) is 0.385. The van der Waals surface area contributed by atoms with Gasteiger partial charge in [-0.3, -0.25) is 4.79 Å². The van der Waals surface area contributed by atoms with Crippen molar-refractivity contribution >= 4 is 29.3 Å². The molecule has 0 aliphatic heterocycles. The summed E-state index contributed by atoms with van der Waals surface area (Å²) in [5.41, 5.74) is 1.86. The first-order chi connectivity index (χ1) is 9.08. The molecule has 0 fully saturated rings. The van der Waals surface area contributed by atoms with E-state index in [-0.39, 0.29) is 18.3 Å². The Morgan fingerprint density at radius 2 is 2.16 bits per heavy atom. The van der Waals surface area contributed by atoms with Crippen molar-refractivity contribution in [3.05, 3.63) is 29.3 Å². The lowest BCUT2D eigenvalue weighted by molar-refractivity contribution is -0.113. The molecule has 0 radical (unpaired) electrons. The van der Waals surface area contributed by atoms with Crippen molar-refractivity contribution in [2.75, 3.05) is 30.5 Å². The molecule has 5 nitrogen and oxygen atoms in total. The van der Waals surface area contributed by atoms with Crippen LogP contribution >= 0.6 is 11.8 Å². The number of nitrogens with one attached hydrogen (secondary N) is 1. The first kappa shape index (κ1) is 15.5. The minimum absolute atomic E-state index is 0.0504. The third-order valence-electron chi connectivity index (χ3n) is 2.40. The molecule has 1 rings (SSSR count). The first-order valence-electron chi connectivity index (χ1n) is 5.76. The predicted molar refractivity (Wildman–Crippen MR) is 75.6 cm³/mol. The van der Waals surface area contributed by atoms with E-state index >= 15 is 0 Å². The van der Waals surface area contributed by atoms with Gasteiger partial charge in [0.15, 0.2) is 0 Å². The summed E-state index contributed by atoms with van der Waals surface area (Å²) in [5, 5.41) is 11.4. The van der Waals surface area contributed by atoms with Crippen molar-refractivity contribution in [3.8, 4) is 0 Å². The highest BCUT2D eigenvalue weighted by Crippen LogP contribution is 2.18. The summed E-state index contributed by atoms with van der Waals surface area (Å²) in [7, 11) is 1.31. The Kier molecular flexibility index (Phi) is 6.38. The van der Waals surface area contributed by atoms with E-state index in [9.17, 15) is 9.59 Å². The second-order valence-corrected chi connectivity index (χ2v) is 4.95. The number of anilines is 1. The standard InChI is InChI=1S/C13H17NO4S/c1-9-3-4-10(13(17)18-2)7-11(9)14-12(16)8-19-6-5-15/h3-4,7,15H,5-6,8H2,1-2H3,(H,14,16). The van der Waals surface area contributed by atoms with E-state index in [2.05, 4.69) is 10.1 Å². The maximum Gasteiger partial charge on any atom is 0.337 e. The van der Waals surface area contributed by atoms with Crippen LogP contribution in [0.15, 0.2) is 18.2 Å². The molecule has 0 saturated heterocycles. The topological polar surface area (TPSA) is 75.6 Å². The van der Waals surface area contributed by atoms with Gasteiger partial charge in [-0.25, -0.2) is 4.79 Å². The second-order valence-electron chi connectivity index (χ2n) is 3.85. The zero-order valence-corrected chi connectivity index (χ0v) is 11.8. The summed E-state index contributed by atoms with van der Waals surface area (Å²) >= 11 is 1.35. The zero-order chi connectivity index (χ0) is 14.3. The zero-order valence-electron chi connectivity index (χ0n) is 10.9. The largest absolute Gasteiger partial charge is 0.465 e. The van der Waals surface area contributed by atoms with Gasteiger partial charge in [0.2, 0.25) is 5.91 Å². The molecular formula is C13H17NO4S. The van der Waals surface area contributed by atoms with Crippen molar-refractivity contribution in [2.24, 2.45) is 0 Å². The van der Waals surface area contributed by atoms with Crippen LogP contribution in [0, 0.1) is 6.92 Å². The number of hydrogen-bond acceptors (Lipinski definition) is 5. The highest BCUT2D eigenvalue weighted by atomic mass is 32.2. The first-order valence-corrected chi connectivity index (χ1v) is 6.91. The molecule has 0 unspecified atom stereocenters. The number of aliphatic hydroxyl groups is 1. The van der Waals surface area contributed by atoms with Gasteiger partial charge in [0.1, 0.15) is 0 Å².